The predicted molar refractivity (Wildman–Crippen MR) is 129 cm³/mol. The first-order valence-electron chi connectivity index (χ1n) is 10.4. The largest absolute Gasteiger partial charge is 2.00 e. The molecule has 1 aromatic rings. The molecule has 2 aliphatic carbocycles. The Balaban J connectivity index is 0.000000750. The van der Waals surface area contributed by atoms with Crippen molar-refractivity contribution < 1.29 is 29.7 Å². The number of hydrogen-bond acceptors (Lipinski definition) is 3. The van der Waals surface area contributed by atoms with E-state index >= 15 is 0 Å². The van der Waals surface area contributed by atoms with Crippen LogP contribution in [0.25, 0.3) is 0 Å². The Labute approximate surface area is 210 Å². The van der Waals surface area contributed by atoms with Crippen LogP contribution in [0.15, 0.2) is 29.2 Å². The van der Waals surface area contributed by atoms with Crippen molar-refractivity contribution in [1.82, 2.24) is 4.72 Å². The van der Waals surface area contributed by atoms with E-state index in [1.54, 1.807) is 24.3 Å². The Bertz CT molecular complexity index is 805. The second-order valence-corrected chi connectivity index (χ2v) is 12.8. The zero-order chi connectivity index (χ0) is 23.2. The molecule has 3 rings (SSSR count). The van der Waals surface area contributed by atoms with Crippen LogP contribution in [-0.2, 0) is 37.9 Å². The van der Waals surface area contributed by atoms with Crippen LogP contribution in [0.2, 0.25) is 0 Å². The normalized spacial score (nSPS) is 19.8. The molecule has 0 heterocycles. The molecule has 0 saturated heterocycles. The average Bonchev–Trinajstić information content (AvgIpc) is 3.39. The van der Waals surface area contributed by atoms with Gasteiger partial charge in [0.15, 0.2) is 0 Å². The van der Waals surface area contributed by atoms with Crippen LogP contribution in [0, 0.1) is 75.4 Å². The van der Waals surface area contributed by atoms with Crippen molar-refractivity contribution in [3.05, 3.63) is 92.4 Å². The summed E-state index contributed by atoms with van der Waals surface area (Å²) in [5, 5.41) is 0.697. The molecular weight excluding hydrogens is 482 g/mol. The molecule has 7 heteroatoms. The van der Waals surface area contributed by atoms with Gasteiger partial charge in [-0.25, -0.2) is 13.1 Å². The van der Waals surface area contributed by atoms with E-state index in [-0.39, 0.29) is 27.9 Å². The smallest absolute Gasteiger partial charge is 0.258 e. The number of hydrogen-bond donors (Lipinski definition) is 1. The van der Waals surface area contributed by atoms with Gasteiger partial charge in [0.25, 0.3) is 0 Å². The summed E-state index contributed by atoms with van der Waals surface area (Å²) in [4.78, 5) is 0.235. The van der Waals surface area contributed by atoms with Crippen molar-refractivity contribution in [2.75, 3.05) is 0 Å². The number of sulfonamides is 1. The second kappa shape index (κ2) is 13.0. The summed E-state index contributed by atoms with van der Waals surface area (Å²) < 4.78 is 41.0. The van der Waals surface area contributed by atoms with Gasteiger partial charge in [0.1, 0.15) is 0 Å². The van der Waals surface area contributed by atoms with E-state index in [1.165, 1.54) is 0 Å². The van der Waals surface area contributed by atoms with E-state index in [0.717, 1.165) is 11.5 Å². The van der Waals surface area contributed by atoms with Gasteiger partial charge in [-0.3, -0.25) is 4.21 Å². The van der Waals surface area contributed by atoms with E-state index < -0.39 is 31.6 Å². The Morgan fingerprint density at radius 2 is 1.38 bits per heavy atom. The first kappa shape index (κ1) is 29.8. The summed E-state index contributed by atoms with van der Waals surface area (Å²) in [5.74, 6) is 0.789. The third-order valence-corrected chi connectivity index (χ3v) is 8.08. The van der Waals surface area contributed by atoms with Crippen LogP contribution < -0.4 is 4.72 Å². The minimum Gasteiger partial charge on any atom is -0.258 e. The molecule has 2 saturated carbocycles. The second-order valence-electron chi connectivity index (χ2n) is 8.84. The monoisotopic (exact) mass is 515 g/mol. The van der Waals surface area contributed by atoms with Crippen molar-refractivity contribution >= 4 is 20.8 Å². The van der Waals surface area contributed by atoms with Gasteiger partial charge >= 0.3 is 17.1 Å². The maximum absolute atomic E-state index is 12.9. The zero-order valence-corrected chi connectivity index (χ0v) is 22.2. The Morgan fingerprint density at radius 1 is 0.875 bits per heavy atom. The third kappa shape index (κ3) is 8.54. The summed E-state index contributed by atoms with van der Waals surface area (Å²) in [6.07, 6.45) is 15.5. The number of rotatable bonds is 6. The van der Waals surface area contributed by atoms with Crippen LogP contribution in [0.3, 0.4) is 0 Å². The quantitative estimate of drug-likeness (QED) is 0.564. The molecule has 0 bridgehead atoms. The standard InChI is InChI=1S/C20H28NO3S2.C5H5.Fe/c1-14(2)19(17-8-7-9-18(17)25(22)20(4,5)6)21-26(23,24)16-12-10-15(3)11-13-16;1-2-4-5-3-1;/h7-14,19,21H,1-6H3;1-5H;/q;;+2/t19-,25+;;/m0../s1. The average molecular weight is 516 g/mol. The van der Waals surface area contributed by atoms with E-state index in [4.69, 9.17) is 0 Å². The number of aryl methyl sites for hydroxylation is 1. The molecule has 1 aromatic carbocycles. The minimum absolute atomic E-state index is 0. The fourth-order valence-corrected chi connectivity index (χ4v) is 5.64. The van der Waals surface area contributed by atoms with E-state index in [1.807, 2.05) is 92.9 Å². The summed E-state index contributed by atoms with van der Waals surface area (Å²) in [6.45, 7) is 11.6. The molecule has 0 spiro atoms. The maximum atomic E-state index is 12.9. The van der Waals surface area contributed by atoms with Gasteiger partial charge in [-0.1, -0.05) is 31.5 Å². The molecule has 174 valence electrons. The van der Waals surface area contributed by atoms with E-state index in [0.29, 0.717) is 5.25 Å². The molecule has 2 fully saturated rings. The van der Waals surface area contributed by atoms with Gasteiger partial charge in [0.2, 0.25) is 10.0 Å². The molecule has 2 atom stereocenters. The first-order valence-corrected chi connectivity index (χ1v) is 13.0. The maximum Gasteiger partial charge on any atom is 2.00 e. The summed E-state index contributed by atoms with van der Waals surface area (Å²) >= 11 is 0. The fourth-order valence-electron chi connectivity index (χ4n) is 3.01. The van der Waals surface area contributed by atoms with Crippen molar-refractivity contribution in [3.8, 4) is 0 Å². The predicted octanol–water partition coefficient (Wildman–Crippen LogP) is 4.60. The van der Waals surface area contributed by atoms with Gasteiger partial charge in [0.05, 0.1) is 10.1 Å². The van der Waals surface area contributed by atoms with Gasteiger partial charge in [0, 0.05) is 27.5 Å². The minimum atomic E-state index is -3.67. The molecule has 0 aromatic heterocycles. The molecule has 0 unspecified atom stereocenters. The van der Waals surface area contributed by atoms with Crippen LogP contribution in [0.4, 0.5) is 0 Å². The van der Waals surface area contributed by atoms with Crippen molar-refractivity contribution in [1.29, 1.82) is 0 Å². The summed E-state index contributed by atoms with van der Waals surface area (Å²) in [7, 11) is -4.90. The molecule has 0 aliphatic heterocycles. The van der Waals surface area contributed by atoms with Crippen molar-refractivity contribution in [2.45, 2.75) is 57.2 Å². The van der Waals surface area contributed by atoms with Gasteiger partial charge < -0.3 is 0 Å². The summed E-state index contributed by atoms with van der Waals surface area (Å²) in [5.41, 5.74) is 1.00. The van der Waals surface area contributed by atoms with E-state index in [2.05, 4.69) is 4.72 Å². The van der Waals surface area contributed by atoms with Crippen LogP contribution in [0.1, 0.15) is 40.2 Å². The molecule has 0 amide bonds. The molecule has 2 aliphatic rings. The first-order chi connectivity index (χ1) is 14.4. The molecule has 1 N–H and O–H groups in total. The molecule has 4 nitrogen and oxygen atoms in total. The van der Waals surface area contributed by atoms with Crippen LogP contribution >= 0.6 is 0 Å². The third-order valence-electron chi connectivity index (χ3n) is 4.73. The van der Waals surface area contributed by atoms with E-state index in [9.17, 15) is 12.6 Å². The Morgan fingerprint density at radius 3 is 1.81 bits per heavy atom. The molecule has 10 radical (unpaired) electrons. The molecule has 32 heavy (non-hydrogen) atoms. The number of benzene rings is 1. The van der Waals surface area contributed by atoms with Gasteiger partial charge in [-0.2, -0.15) is 0 Å². The van der Waals surface area contributed by atoms with Gasteiger partial charge in [-0.05, 0) is 97.1 Å². The topological polar surface area (TPSA) is 63.2 Å². The Kier molecular flexibility index (Phi) is 12.2. The van der Waals surface area contributed by atoms with Crippen molar-refractivity contribution in [2.24, 2.45) is 5.92 Å². The Hall–Kier alpha value is -0.201. The van der Waals surface area contributed by atoms with Crippen molar-refractivity contribution in [3.63, 3.8) is 0 Å². The van der Waals surface area contributed by atoms with Gasteiger partial charge in [-0.15, -0.1) is 0 Å². The zero-order valence-electron chi connectivity index (χ0n) is 19.5. The number of nitrogens with one attached hydrogen (secondary N) is 1. The fraction of sp³-hybridized carbons (Fsp3) is 0.360. The van der Waals surface area contributed by atoms with Crippen LogP contribution in [0.5, 0.6) is 0 Å². The summed E-state index contributed by atoms with van der Waals surface area (Å²) in [6, 6.07) is 6.32. The SMILES string of the molecule is Cc1ccc(S(=O)(=O)N[C@H]([C]2[CH][CH][CH][C]2[S@@](=O)C(C)(C)C)C(C)C)cc1.[CH]1[CH][CH][CH][CH]1.[Fe+2]. The van der Waals surface area contributed by atoms with Crippen LogP contribution in [-0.4, -0.2) is 23.4 Å². The molecular formula is C25H33FeNO3S2+2.